The highest BCUT2D eigenvalue weighted by Crippen LogP contribution is 2.39. The monoisotopic (exact) mass is 270 g/mol. The van der Waals surface area contributed by atoms with Crippen LogP contribution < -0.4 is 10.6 Å². The van der Waals surface area contributed by atoms with Gasteiger partial charge >= 0.3 is 0 Å². The summed E-state index contributed by atoms with van der Waals surface area (Å²) in [5.74, 6) is 2.13. The Morgan fingerprint density at radius 2 is 2.15 bits per heavy atom. The molecule has 1 aliphatic heterocycles. The number of nitrogens with two attached hydrogens (primary N) is 1. The first kappa shape index (κ1) is 12.8. The van der Waals surface area contributed by atoms with Gasteiger partial charge in [-0.05, 0) is 26.7 Å². The molecule has 1 fully saturated rings. The predicted octanol–water partition coefficient (Wildman–Crippen LogP) is 1.67. The van der Waals surface area contributed by atoms with Gasteiger partial charge in [0.05, 0.1) is 11.7 Å². The normalized spacial score (nSPS) is 22.2. The molecular formula is C14H18N6. The molecule has 1 saturated heterocycles. The zero-order valence-electron chi connectivity index (χ0n) is 11.7. The van der Waals surface area contributed by atoms with Gasteiger partial charge < -0.3 is 10.6 Å². The molecule has 2 N–H and O–H groups in total. The Morgan fingerprint density at radius 3 is 2.85 bits per heavy atom. The number of aromatic nitrogens is 4. The molecule has 0 bridgehead atoms. The second kappa shape index (κ2) is 4.70. The van der Waals surface area contributed by atoms with Crippen molar-refractivity contribution >= 4 is 11.6 Å². The van der Waals surface area contributed by atoms with Crippen LogP contribution in [-0.4, -0.2) is 26.5 Å². The van der Waals surface area contributed by atoms with Crippen LogP contribution in [-0.2, 0) is 5.54 Å². The summed E-state index contributed by atoms with van der Waals surface area (Å²) in [5.41, 5.74) is 6.48. The van der Waals surface area contributed by atoms with Gasteiger partial charge in [-0.25, -0.2) is 15.0 Å². The van der Waals surface area contributed by atoms with E-state index in [9.17, 15) is 0 Å². The largest absolute Gasteiger partial charge is 0.384 e. The van der Waals surface area contributed by atoms with Crippen LogP contribution in [0, 0.1) is 6.92 Å². The highest BCUT2D eigenvalue weighted by atomic mass is 15.3. The molecule has 6 nitrogen and oxygen atoms in total. The molecule has 3 rings (SSSR count). The van der Waals surface area contributed by atoms with Gasteiger partial charge in [0.1, 0.15) is 11.6 Å². The lowest BCUT2D eigenvalue weighted by molar-refractivity contribution is 0.457. The minimum Gasteiger partial charge on any atom is -0.384 e. The summed E-state index contributed by atoms with van der Waals surface area (Å²) in [4.78, 5) is 19.8. The standard InChI is InChI=1S/C14H18N6/c1-10-8-11(15)19-13(18-10)14(2)4-3-7-20(14)12-9-16-5-6-17-12/h5-6,8-9H,3-4,7H2,1-2H3,(H2,15,18,19)/t14-/m1/s1. The molecule has 2 aromatic heterocycles. The van der Waals surface area contributed by atoms with Crippen molar-refractivity contribution in [2.45, 2.75) is 32.2 Å². The van der Waals surface area contributed by atoms with Crippen molar-refractivity contribution in [1.29, 1.82) is 0 Å². The first-order chi connectivity index (χ1) is 9.59. The van der Waals surface area contributed by atoms with Crippen LogP contribution >= 0.6 is 0 Å². The molecule has 0 radical (unpaired) electrons. The second-order valence-corrected chi connectivity index (χ2v) is 5.35. The summed E-state index contributed by atoms with van der Waals surface area (Å²) >= 11 is 0. The van der Waals surface area contributed by atoms with Gasteiger partial charge in [0.2, 0.25) is 0 Å². The molecule has 0 spiro atoms. The lowest BCUT2D eigenvalue weighted by Crippen LogP contribution is -2.41. The Labute approximate surface area is 118 Å². The Bertz CT molecular complexity index is 594. The number of anilines is 2. The topological polar surface area (TPSA) is 80.8 Å². The Hall–Kier alpha value is -2.24. The lowest BCUT2D eigenvalue weighted by Gasteiger charge is -2.34. The summed E-state index contributed by atoms with van der Waals surface area (Å²) in [6.07, 6.45) is 7.22. The van der Waals surface area contributed by atoms with Crippen LogP contribution in [0.4, 0.5) is 11.6 Å². The third-order valence-electron chi connectivity index (χ3n) is 3.82. The summed E-state index contributed by atoms with van der Waals surface area (Å²) in [6.45, 7) is 5.00. The van der Waals surface area contributed by atoms with E-state index in [1.807, 2.05) is 6.92 Å². The van der Waals surface area contributed by atoms with Gasteiger partial charge in [0.15, 0.2) is 5.82 Å². The first-order valence-electron chi connectivity index (χ1n) is 6.75. The van der Waals surface area contributed by atoms with Crippen LogP contribution in [0.15, 0.2) is 24.7 Å². The Morgan fingerprint density at radius 1 is 1.30 bits per heavy atom. The van der Waals surface area contributed by atoms with Crippen LogP contribution in [0.3, 0.4) is 0 Å². The van der Waals surface area contributed by atoms with Gasteiger partial charge in [-0.2, -0.15) is 0 Å². The fourth-order valence-corrected chi connectivity index (χ4v) is 2.83. The van der Waals surface area contributed by atoms with E-state index in [0.29, 0.717) is 5.82 Å². The van der Waals surface area contributed by atoms with Crippen molar-refractivity contribution in [2.24, 2.45) is 0 Å². The molecule has 0 unspecified atom stereocenters. The van der Waals surface area contributed by atoms with Crippen LogP contribution in [0.5, 0.6) is 0 Å². The molecule has 1 aliphatic rings. The Kier molecular flexibility index (Phi) is 3.00. The van der Waals surface area contributed by atoms with Crippen LogP contribution in [0.1, 0.15) is 31.3 Å². The maximum atomic E-state index is 5.87. The quantitative estimate of drug-likeness (QED) is 0.894. The van der Waals surface area contributed by atoms with Crippen molar-refractivity contribution in [3.8, 4) is 0 Å². The average Bonchev–Trinajstić information content (AvgIpc) is 2.82. The third-order valence-corrected chi connectivity index (χ3v) is 3.82. The van der Waals surface area contributed by atoms with Crippen LogP contribution in [0.25, 0.3) is 0 Å². The number of hydrogen-bond donors (Lipinski definition) is 1. The van der Waals surface area contributed by atoms with E-state index in [2.05, 4.69) is 31.8 Å². The van der Waals surface area contributed by atoms with Crippen molar-refractivity contribution in [1.82, 2.24) is 19.9 Å². The van der Waals surface area contributed by atoms with Gasteiger partial charge in [-0.15, -0.1) is 0 Å². The highest BCUT2D eigenvalue weighted by Gasteiger charge is 2.41. The third kappa shape index (κ3) is 2.07. The molecule has 6 heteroatoms. The molecule has 0 aliphatic carbocycles. The van der Waals surface area contributed by atoms with E-state index in [1.54, 1.807) is 24.7 Å². The molecule has 20 heavy (non-hydrogen) atoms. The zero-order valence-corrected chi connectivity index (χ0v) is 11.7. The summed E-state index contributed by atoms with van der Waals surface area (Å²) in [5, 5.41) is 0. The molecule has 0 amide bonds. The van der Waals surface area contributed by atoms with E-state index < -0.39 is 0 Å². The van der Waals surface area contributed by atoms with Crippen molar-refractivity contribution in [3.05, 3.63) is 36.2 Å². The number of nitrogens with zero attached hydrogens (tertiary/aromatic N) is 5. The molecule has 0 saturated carbocycles. The minimum absolute atomic E-state index is 0.282. The van der Waals surface area contributed by atoms with Gasteiger partial charge in [-0.3, -0.25) is 4.98 Å². The molecule has 104 valence electrons. The number of hydrogen-bond acceptors (Lipinski definition) is 6. The molecule has 3 heterocycles. The molecule has 2 aromatic rings. The smallest absolute Gasteiger partial charge is 0.156 e. The first-order valence-corrected chi connectivity index (χ1v) is 6.75. The summed E-state index contributed by atoms with van der Waals surface area (Å²) < 4.78 is 0. The molecule has 1 atom stereocenters. The Balaban J connectivity index is 2.05. The fourth-order valence-electron chi connectivity index (χ4n) is 2.83. The SMILES string of the molecule is Cc1cc(N)nc([C@@]2(C)CCCN2c2cnccn2)n1. The zero-order chi connectivity index (χ0) is 14.2. The summed E-state index contributed by atoms with van der Waals surface area (Å²) in [7, 11) is 0. The number of aryl methyl sites for hydroxylation is 1. The molecular weight excluding hydrogens is 252 g/mol. The van der Waals surface area contributed by atoms with Crippen molar-refractivity contribution in [3.63, 3.8) is 0 Å². The van der Waals surface area contributed by atoms with E-state index in [0.717, 1.165) is 36.7 Å². The maximum Gasteiger partial charge on any atom is 0.156 e. The van der Waals surface area contributed by atoms with Crippen LogP contribution in [0.2, 0.25) is 0 Å². The van der Waals surface area contributed by atoms with E-state index in [-0.39, 0.29) is 5.54 Å². The van der Waals surface area contributed by atoms with E-state index in [1.165, 1.54) is 0 Å². The second-order valence-electron chi connectivity index (χ2n) is 5.35. The van der Waals surface area contributed by atoms with Crippen molar-refractivity contribution < 1.29 is 0 Å². The highest BCUT2D eigenvalue weighted by molar-refractivity contribution is 5.44. The van der Waals surface area contributed by atoms with E-state index in [4.69, 9.17) is 5.73 Å². The minimum atomic E-state index is -0.282. The number of rotatable bonds is 2. The fraction of sp³-hybridized carbons (Fsp3) is 0.429. The summed E-state index contributed by atoms with van der Waals surface area (Å²) in [6, 6.07) is 1.79. The van der Waals surface area contributed by atoms with Gasteiger partial charge in [0.25, 0.3) is 0 Å². The van der Waals surface area contributed by atoms with E-state index >= 15 is 0 Å². The van der Waals surface area contributed by atoms with Crippen molar-refractivity contribution in [2.75, 3.05) is 17.2 Å². The molecule has 0 aromatic carbocycles. The predicted molar refractivity (Wildman–Crippen MR) is 77.1 cm³/mol. The van der Waals surface area contributed by atoms with Gasteiger partial charge in [0, 0.05) is 30.7 Å². The average molecular weight is 270 g/mol. The maximum absolute atomic E-state index is 5.87. The number of nitrogen functional groups attached to an aromatic ring is 1. The van der Waals surface area contributed by atoms with Gasteiger partial charge in [-0.1, -0.05) is 0 Å². The lowest BCUT2D eigenvalue weighted by atomic mass is 9.97.